The van der Waals surface area contributed by atoms with Crippen LogP contribution >= 0.6 is 23.1 Å². The summed E-state index contributed by atoms with van der Waals surface area (Å²) < 4.78 is 1.11. The summed E-state index contributed by atoms with van der Waals surface area (Å²) in [5.41, 5.74) is 1.87. The second-order valence-corrected chi connectivity index (χ2v) is 6.37. The van der Waals surface area contributed by atoms with Crippen molar-refractivity contribution in [2.45, 2.75) is 6.92 Å². The molecule has 0 fully saturated rings. The van der Waals surface area contributed by atoms with E-state index in [0.717, 1.165) is 10.1 Å². The van der Waals surface area contributed by atoms with Gasteiger partial charge in [-0.3, -0.25) is 9.59 Å². The number of carbonyl (C=O) groups is 2. The minimum atomic E-state index is -0.833. The Morgan fingerprint density at radius 2 is 2.20 bits per heavy atom. The van der Waals surface area contributed by atoms with Gasteiger partial charge in [0.25, 0.3) is 5.91 Å². The Bertz CT molecular complexity index is 636. The molecule has 1 aromatic carbocycles. The molecular formula is C14H15NO3S2. The van der Waals surface area contributed by atoms with E-state index in [1.54, 1.807) is 11.3 Å². The summed E-state index contributed by atoms with van der Waals surface area (Å²) in [7, 11) is 0. The first-order valence-corrected chi connectivity index (χ1v) is 8.17. The molecule has 1 heterocycles. The van der Waals surface area contributed by atoms with Crippen LogP contribution in [-0.2, 0) is 4.79 Å². The van der Waals surface area contributed by atoms with Crippen LogP contribution in [-0.4, -0.2) is 35.0 Å². The average molecular weight is 309 g/mol. The number of hydrogen-bond acceptors (Lipinski definition) is 4. The summed E-state index contributed by atoms with van der Waals surface area (Å²) in [6.45, 7) is 2.50. The molecule has 6 heteroatoms. The molecule has 0 aliphatic carbocycles. The van der Waals surface area contributed by atoms with Crippen molar-refractivity contribution in [1.82, 2.24) is 5.32 Å². The number of benzene rings is 1. The molecule has 4 nitrogen and oxygen atoms in total. The zero-order valence-corrected chi connectivity index (χ0v) is 12.6. The molecular weight excluding hydrogens is 294 g/mol. The van der Waals surface area contributed by atoms with E-state index >= 15 is 0 Å². The standard InChI is InChI=1S/C14H15NO3S2/c1-9-2-3-10-11(7-20-12(10)6-9)14(18)15-4-5-19-8-13(16)17/h2-3,6-7H,4-5,8H2,1H3,(H,15,18)(H,16,17). The number of thiophene rings is 1. The highest BCUT2D eigenvalue weighted by molar-refractivity contribution is 7.99. The summed E-state index contributed by atoms with van der Waals surface area (Å²) in [5, 5.41) is 14.2. The van der Waals surface area contributed by atoms with Crippen molar-refractivity contribution in [3.8, 4) is 0 Å². The van der Waals surface area contributed by atoms with Crippen molar-refractivity contribution in [3.05, 3.63) is 34.7 Å². The van der Waals surface area contributed by atoms with Crippen molar-refractivity contribution in [2.24, 2.45) is 0 Å². The summed E-state index contributed by atoms with van der Waals surface area (Å²) >= 11 is 2.85. The normalized spacial score (nSPS) is 10.7. The molecule has 106 valence electrons. The van der Waals surface area contributed by atoms with Gasteiger partial charge >= 0.3 is 5.97 Å². The van der Waals surface area contributed by atoms with Gasteiger partial charge in [-0.25, -0.2) is 0 Å². The molecule has 0 atom stereocenters. The zero-order chi connectivity index (χ0) is 14.5. The predicted molar refractivity (Wildman–Crippen MR) is 83.9 cm³/mol. The van der Waals surface area contributed by atoms with Crippen LogP contribution in [0.3, 0.4) is 0 Å². The SMILES string of the molecule is Cc1ccc2c(C(=O)NCCSCC(=O)O)csc2c1. The number of fused-ring (bicyclic) bond motifs is 1. The minimum absolute atomic E-state index is 0.0660. The van der Waals surface area contributed by atoms with E-state index in [1.807, 2.05) is 24.4 Å². The largest absolute Gasteiger partial charge is 0.481 e. The van der Waals surface area contributed by atoms with Gasteiger partial charge in [-0.15, -0.1) is 23.1 Å². The number of aliphatic carboxylic acids is 1. The number of aryl methyl sites for hydroxylation is 1. The minimum Gasteiger partial charge on any atom is -0.481 e. The quantitative estimate of drug-likeness (QED) is 0.805. The number of nitrogens with one attached hydrogen (secondary N) is 1. The number of hydrogen-bond donors (Lipinski definition) is 2. The third-order valence-corrected chi connectivity index (χ3v) is 4.62. The molecule has 1 amide bonds. The molecule has 0 aliphatic rings. The van der Waals surface area contributed by atoms with E-state index in [4.69, 9.17) is 5.11 Å². The first kappa shape index (κ1) is 14.9. The average Bonchev–Trinajstić information content (AvgIpc) is 2.80. The Balaban J connectivity index is 1.93. The van der Waals surface area contributed by atoms with Gasteiger partial charge in [0, 0.05) is 27.8 Å². The van der Waals surface area contributed by atoms with Gasteiger partial charge in [0.1, 0.15) is 0 Å². The van der Waals surface area contributed by atoms with Gasteiger partial charge in [-0.2, -0.15) is 0 Å². The molecule has 0 unspecified atom stereocenters. The number of thioether (sulfide) groups is 1. The Morgan fingerprint density at radius 3 is 2.95 bits per heavy atom. The van der Waals surface area contributed by atoms with E-state index in [1.165, 1.54) is 17.3 Å². The molecule has 2 aromatic rings. The molecule has 2 rings (SSSR count). The van der Waals surface area contributed by atoms with Crippen LogP contribution in [0.5, 0.6) is 0 Å². The van der Waals surface area contributed by atoms with Gasteiger partial charge in [0.2, 0.25) is 0 Å². The Morgan fingerprint density at radius 1 is 1.40 bits per heavy atom. The molecule has 1 aromatic heterocycles. The highest BCUT2D eigenvalue weighted by atomic mass is 32.2. The molecule has 0 aliphatic heterocycles. The van der Waals surface area contributed by atoms with Crippen LogP contribution in [0.1, 0.15) is 15.9 Å². The van der Waals surface area contributed by atoms with Crippen LogP contribution in [0, 0.1) is 6.92 Å². The van der Waals surface area contributed by atoms with Crippen LogP contribution < -0.4 is 5.32 Å². The molecule has 20 heavy (non-hydrogen) atoms. The second kappa shape index (κ2) is 6.76. The first-order chi connectivity index (χ1) is 9.58. The molecule has 0 bridgehead atoms. The van der Waals surface area contributed by atoms with Gasteiger partial charge in [-0.05, 0) is 18.6 Å². The van der Waals surface area contributed by atoms with Gasteiger partial charge in [0.05, 0.1) is 11.3 Å². The monoisotopic (exact) mass is 309 g/mol. The van der Waals surface area contributed by atoms with Crippen molar-refractivity contribution in [2.75, 3.05) is 18.1 Å². The second-order valence-electron chi connectivity index (χ2n) is 4.35. The predicted octanol–water partition coefficient (Wildman–Crippen LogP) is 2.76. The molecule has 0 saturated carbocycles. The third kappa shape index (κ3) is 3.74. The Labute approximate surface area is 125 Å². The van der Waals surface area contributed by atoms with Gasteiger partial charge in [-0.1, -0.05) is 12.1 Å². The topological polar surface area (TPSA) is 66.4 Å². The van der Waals surface area contributed by atoms with E-state index in [0.29, 0.717) is 17.9 Å². The lowest BCUT2D eigenvalue weighted by Gasteiger charge is -2.04. The number of carbonyl (C=O) groups excluding carboxylic acids is 1. The number of amides is 1. The van der Waals surface area contributed by atoms with Crippen LogP contribution in [0.2, 0.25) is 0 Å². The van der Waals surface area contributed by atoms with Crippen LogP contribution in [0.25, 0.3) is 10.1 Å². The van der Waals surface area contributed by atoms with E-state index in [2.05, 4.69) is 11.4 Å². The molecule has 0 radical (unpaired) electrons. The van der Waals surface area contributed by atoms with Gasteiger partial charge in [0.15, 0.2) is 0 Å². The van der Waals surface area contributed by atoms with Crippen molar-refractivity contribution < 1.29 is 14.7 Å². The summed E-state index contributed by atoms with van der Waals surface area (Å²) in [4.78, 5) is 22.4. The highest BCUT2D eigenvalue weighted by Crippen LogP contribution is 2.26. The van der Waals surface area contributed by atoms with Crippen LogP contribution in [0.15, 0.2) is 23.6 Å². The maximum atomic E-state index is 12.1. The number of carboxylic acid groups (broad SMARTS) is 1. The third-order valence-electron chi connectivity index (χ3n) is 2.73. The van der Waals surface area contributed by atoms with E-state index in [9.17, 15) is 9.59 Å². The Hall–Kier alpha value is -1.53. The maximum Gasteiger partial charge on any atom is 0.313 e. The first-order valence-electron chi connectivity index (χ1n) is 6.13. The zero-order valence-electron chi connectivity index (χ0n) is 11.0. The van der Waals surface area contributed by atoms with Crippen molar-refractivity contribution >= 4 is 45.1 Å². The fraction of sp³-hybridized carbons (Fsp3) is 0.286. The lowest BCUT2D eigenvalue weighted by Crippen LogP contribution is -2.25. The number of rotatable bonds is 6. The Kier molecular flexibility index (Phi) is 5.03. The van der Waals surface area contributed by atoms with Crippen molar-refractivity contribution in [3.63, 3.8) is 0 Å². The summed E-state index contributed by atoms with van der Waals surface area (Å²) in [6.07, 6.45) is 0. The maximum absolute atomic E-state index is 12.1. The molecule has 0 spiro atoms. The van der Waals surface area contributed by atoms with Gasteiger partial charge < -0.3 is 10.4 Å². The summed E-state index contributed by atoms with van der Waals surface area (Å²) in [6, 6.07) is 6.03. The van der Waals surface area contributed by atoms with E-state index < -0.39 is 5.97 Å². The van der Waals surface area contributed by atoms with E-state index in [-0.39, 0.29) is 11.7 Å². The fourth-order valence-corrected chi connectivity index (χ4v) is 3.41. The smallest absolute Gasteiger partial charge is 0.313 e. The van der Waals surface area contributed by atoms with Crippen molar-refractivity contribution in [1.29, 1.82) is 0 Å². The highest BCUT2D eigenvalue weighted by Gasteiger charge is 2.11. The lowest BCUT2D eigenvalue weighted by atomic mass is 10.1. The molecule has 2 N–H and O–H groups in total. The number of carboxylic acids is 1. The van der Waals surface area contributed by atoms with Crippen LogP contribution in [0.4, 0.5) is 0 Å². The fourth-order valence-electron chi connectivity index (χ4n) is 1.80. The lowest BCUT2D eigenvalue weighted by molar-refractivity contribution is -0.133. The molecule has 0 saturated heterocycles. The summed E-state index contributed by atoms with van der Waals surface area (Å²) in [5.74, 6) is -0.271.